The van der Waals surface area contributed by atoms with E-state index in [0.717, 1.165) is 37.7 Å². The Bertz CT molecular complexity index is 180. The van der Waals surface area contributed by atoms with Crippen LogP contribution in [0.15, 0.2) is 0 Å². The average molecular weight is 262 g/mol. The zero-order chi connectivity index (χ0) is 10.4. The highest BCUT2D eigenvalue weighted by molar-refractivity contribution is 9.09. The van der Waals surface area contributed by atoms with Crippen molar-refractivity contribution in [3.8, 4) is 0 Å². The summed E-state index contributed by atoms with van der Waals surface area (Å²) in [4.78, 5) is 13.8. The molecule has 82 valence electrons. The molecule has 0 radical (unpaired) electrons. The lowest BCUT2D eigenvalue weighted by molar-refractivity contribution is -0.131. The summed E-state index contributed by atoms with van der Waals surface area (Å²) < 4.78 is 0. The van der Waals surface area contributed by atoms with Gasteiger partial charge in [-0.1, -0.05) is 35.7 Å². The number of amides is 1. The maximum absolute atomic E-state index is 11.7. The minimum atomic E-state index is 0.363. The first-order valence-electron chi connectivity index (χ1n) is 5.61. The zero-order valence-corrected chi connectivity index (χ0v) is 10.6. The summed E-state index contributed by atoms with van der Waals surface area (Å²) in [6.07, 6.45) is 5.39. The molecule has 2 nitrogen and oxygen atoms in total. The number of hydrogen-bond donors (Lipinski definition) is 0. The first-order valence-corrected chi connectivity index (χ1v) is 6.73. The van der Waals surface area contributed by atoms with Gasteiger partial charge in [0.15, 0.2) is 0 Å². The molecular formula is C11H20BrNO. The van der Waals surface area contributed by atoms with E-state index in [-0.39, 0.29) is 0 Å². The van der Waals surface area contributed by atoms with Gasteiger partial charge in [-0.2, -0.15) is 0 Å². The van der Waals surface area contributed by atoms with E-state index in [1.165, 1.54) is 12.8 Å². The number of nitrogens with zero attached hydrogens (tertiary/aromatic N) is 1. The van der Waals surface area contributed by atoms with Gasteiger partial charge in [0.05, 0.1) is 0 Å². The Morgan fingerprint density at radius 2 is 2.21 bits per heavy atom. The number of hydrogen-bond acceptors (Lipinski definition) is 1. The predicted molar refractivity (Wildman–Crippen MR) is 62.6 cm³/mol. The molecule has 0 aromatic carbocycles. The molecule has 1 saturated heterocycles. The van der Waals surface area contributed by atoms with E-state index in [2.05, 4.69) is 27.8 Å². The van der Waals surface area contributed by atoms with Crippen LogP contribution in [-0.4, -0.2) is 29.2 Å². The minimum absolute atomic E-state index is 0.363. The van der Waals surface area contributed by atoms with Crippen molar-refractivity contribution >= 4 is 21.8 Å². The maximum Gasteiger partial charge on any atom is 0.222 e. The lowest BCUT2D eigenvalue weighted by Gasteiger charge is -2.24. The highest BCUT2D eigenvalue weighted by Gasteiger charge is 2.18. The number of halogens is 1. The second-order valence-corrected chi connectivity index (χ2v) is 4.73. The van der Waals surface area contributed by atoms with Crippen molar-refractivity contribution in [2.24, 2.45) is 5.92 Å². The molecule has 1 aliphatic rings. The van der Waals surface area contributed by atoms with E-state index in [4.69, 9.17) is 0 Å². The molecule has 1 unspecified atom stereocenters. The summed E-state index contributed by atoms with van der Waals surface area (Å²) in [7, 11) is 0. The van der Waals surface area contributed by atoms with Gasteiger partial charge in [-0.3, -0.25) is 4.79 Å². The van der Waals surface area contributed by atoms with Crippen LogP contribution in [-0.2, 0) is 4.79 Å². The summed E-state index contributed by atoms with van der Waals surface area (Å²) >= 11 is 3.50. The van der Waals surface area contributed by atoms with E-state index in [9.17, 15) is 4.79 Å². The summed E-state index contributed by atoms with van der Waals surface area (Å²) in [5.74, 6) is 0.985. The van der Waals surface area contributed by atoms with Gasteiger partial charge < -0.3 is 4.90 Å². The fraction of sp³-hybridized carbons (Fsp3) is 0.909. The van der Waals surface area contributed by atoms with Crippen LogP contribution in [0.25, 0.3) is 0 Å². The third-order valence-electron chi connectivity index (χ3n) is 2.95. The minimum Gasteiger partial charge on any atom is -0.342 e. The fourth-order valence-electron chi connectivity index (χ4n) is 1.83. The van der Waals surface area contributed by atoms with Crippen LogP contribution in [0.5, 0.6) is 0 Å². The summed E-state index contributed by atoms with van der Waals surface area (Å²) in [5, 5.41) is 1.01. The SMILES string of the molecule is CCC(CBr)CN1CCCCCC1=O. The number of rotatable bonds is 4. The van der Waals surface area contributed by atoms with Crippen LogP contribution >= 0.6 is 15.9 Å². The maximum atomic E-state index is 11.7. The molecule has 0 aliphatic carbocycles. The quantitative estimate of drug-likeness (QED) is 0.713. The van der Waals surface area contributed by atoms with Crippen molar-refractivity contribution in [3.63, 3.8) is 0 Å². The van der Waals surface area contributed by atoms with Gasteiger partial charge in [0, 0.05) is 24.8 Å². The monoisotopic (exact) mass is 261 g/mol. The van der Waals surface area contributed by atoms with Crippen molar-refractivity contribution in [2.75, 3.05) is 18.4 Å². The van der Waals surface area contributed by atoms with E-state index >= 15 is 0 Å². The first kappa shape index (κ1) is 12.0. The number of alkyl halides is 1. The Labute approximate surface area is 95.2 Å². The molecule has 1 aliphatic heterocycles. The van der Waals surface area contributed by atoms with Gasteiger partial charge in [-0.15, -0.1) is 0 Å². The molecular weight excluding hydrogens is 242 g/mol. The Morgan fingerprint density at radius 1 is 1.43 bits per heavy atom. The molecule has 0 aromatic rings. The molecule has 1 rings (SSSR count). The molecule has 0 bridgehead atoms. The Morgan fingerprint density at radius 3 is 2.86 bits per heavy atom. The van der Waals surface area contributed by atoms with E-state index in [1.54, 1.807) is 0 Å². The lowest BCUT2D eigenvalue weighted by Crippen LogP contribution is -2.35. The largest absolute Gasteiger partial charge is 0.342 e. The topological polar surface area (TPSA) is 20.3 Å². The van der Waals surface area contributed by atoms with Gasteiger partial charge in [0.1, 0.15) is 0 Å². The first-order chi connectivity index (χ1) is 6.77. The fourth-order valence-corrected chi connectivity index (χ4v) is 2.49. The van der Waals surface area contributed by atoms with Crippen LogP contribution in [0.3, 0.4) is 0 Å². The Kier molecular flexibility index (Phi) is 5.53. The van der Waals surface area contributed by atoms with Crippen LogP contribution in [0.1, 0.15) is 39.0 Å². The van der Waals surface area contributed by atoms with Gasteiger partial charge in [-0.25, -0.2) is 0 Å². The molecule has 0 spiro atoms. The molecule has 1 heterocycles. The molecule has 0 N–H and O–H groups in total. The third-order valence-corrected chi connectivity index (χ3v) is 3.86. The smallest absolute Gasteiger partial charge is 0.222 e. The van der Waals surface area contributed by atoms with Crippen molar-refractivity contribution in [1.29, 1.82) is 0 Å². The van der Waals surface area contributed by atoms with Crippen LogP contribution in [0, 0.1) is 5.92 Å². The van der Waals surface area contributed by atoms with E-state index in [1.807, 2.05) is 0 Å². The summed E-state index contributed by atoms with van der Waals surface area (Å²) in [6, 6.07) is 0. The van der Waals surface area contributed by atoms with Gasteiger partial charge in [0.2, 0.25) is 5.91 Å². The molecule has 0 aromatic heterocycles. The number of carbonyl (C=O) groups is 1. The second kappa shape index (κ2) is 6.44. The zero-order valence-electron chi connectivity index (χ0n) is 8.97. The van der Waals surface area contributed by atoms with Gasteiger partial charge >= 0.3 is 0 Å². The molecule has 3 heteroatoms. The van der Waals surface area contributed by atoms with E-state index < -0.39 is 0 Å². The van der Waals surface area contributed by atoms with E-state index in [0.29, 0.717) is 11.8 Å². The predicted octanol–water partition coefficient (Wildman–Crippen LogP) is 2.81. The molecule has 14 heavy (non-hydrogen) atoms. The molecule has 1 fully saturated rings. The van der Waals surface area contributed by atoms with Crippen LogP contribution < -0.4 is 0 Å². The van der Waals surface area contributed by atoms with Gasteiger partial charge in [-0.05, 0) is 18.8 Å². The van der Waals surface area contributed by atoms with Crippen molar-refractivity contribution in [3.05, 3.63) is 0 Å². The molecule has 1 atom stereocenters. The Balaban J connectivity index is 2.43. The lowest BCUT2D eigenvalue weighted by atomic mass is 10.1. The van der Waals surface area contributed by atoms with Crippen molar-refractivity contribution in [1.82, 2.24) is 4.90 Å². The molecule has 0 saturated carbocycles. The number of likely N-dealkylation sites (tertiary alicyclic amines) is 1. The summed E-state index contributed by atoms with van der Waals surface area (Å²) in [5.41, 5.74) is 0. The normalized spacial score (nSPS) is 20.7. The van der Waals surface area contributed by atoms with Crippen LogP contribution in [0.4, 0.5) is 0 Å². The average Bonchev–Trinajstić information content (AvgIpc) is 2.40. The highest BCUT2D eigenvalue weighted by Crippen LogP contribution is 2.15. The van der Waals surface area contributed by atoms with Crippen molar-refractivity contribution < 1.29 is 4.79 Å². The van der Waals surface area contributed by atoms with Gasteiger partial charge in [0.25, 0.3) is 0 Å². The highest BCUT2D eigenvalue weighted by atomic mass is 79.9. The van der Waals surface area contributed by atoms with Crippen LogP contribution in [0.2, 0.25) is 0 Å². The summed E-state index contributed by atoms with van der Waals surface area (Å²) in [6.45, 7) is 4.11. The number of carbonyl (C=O) groups excluding carboxylic acids is 1. The standard InChI is InChI=1S/C11H20BrNO/c1-2-10(8-12)9-13-7-5-3-4-6-11(13)14/h10H,2-9H2,1H3. The van der Waals surface area contributed by atoms with Crippen molar-refractivity contribution in [2.45, 2.75) is 39.0 Å². The third kappa shape index (κ3) is 3.60. The Hall–Kier alpha value is -0.0500. The molecule has 1 amide bonds. The second-order valence-electron chi connectivity index (χ2n) is 4.08.